The van der Waals surface area contributed by atoms with Crippen molar-refractivity contribution in [2.75, 3.05) is 19.6 Å². The molecule has 26 heavy (non-hydrogen) atoms. The molecule has 7 nitrogen and oxygen atoms in total. The first-order valence-corrected chi connectivity index (χ1v) is 9.95. The van der Waals surface area contributed by atoms with Crippen LogP contribution < -0.4 is 10.6 Å². The lowest BCUT2D eigenvalue weighted by Gasteiger charge is -2.23. The molecule has 0 bridgehead atoms. The number of hydrogen-bond donors (Lipinski definition) is 2. The molecular weight excluding hydrogens is 350 g/mol. The van der Waals surface area contributed by atoms with Crippen molar-refractivity contribution in [3.63, 3.8) is 0 Å². The zero-order valence-corrected chi connectivity index (χ0v) is 17.5. The molecule has 0 saturated carbocycles. The van der Waals surface area contributed by atoms with Gasteiger partial charge in [-0.05, 0) is 48.0 Å². The van der Waals surface area contributed by atoms with Gasteiger partial charge in [0.1, 0.15) is 10.6 Å². The summed E-state index contributed by atoms with van der Waals surface area (Å²) < 4.78 is 5.34. The SMILES string of the molecule is CCNC(=NCc1nc(C)c(C)s1)N1CCC(NC(=O)OC(C)(C)C)C1. The summed E-state index contributed by atoms with van der Waals surface area (Å²) in [4.78, 5) is 24.7. The van der Waals surface area contributed by atoms with Gasteiger partial charge in [0.25, 0.3) is 0 Å². The molecule has 0 aromatic carbocycles. The molecule has 1 aliphatic rings. The molecule has 1 aromatic rings. The zero-order valence-electron chi connectivity index (χ0n) is 16.7. The number of thiazole rings is 1. The van der Waals surface area contributed by atoms with E-state index in [1.807, 2.05) is 27.7 Å². The molecule has 1 amide bonds. The van der Waals surface area contributed by atoms with Gasteiger partial charge in [-0.15, -0.1) is 11.3 Å². The van der Waals surface area contributed by atoms with Gasteiger partial charge < -0.3 is 20.3 Å². The molecule has 146 valence electrons. The quantitative estimate of drug-likeness (QED) is 0.619. The Hall–Kier alpha value is -1.83. The first-order valence-electron chi connectivity index (χ1n) is 9.13. The first kappa shape index (κ1) is 20.5. The summed E-state index contributed by atoms with van der Waals surface area (Å²) in [5, 5.41) is 7.31. The average molecular weight is 382 g/mol. The Kier molecular flexibility index (Phi) is 6.86. The fourth-order valence-corrected chi connectivity index (χ4v) is 3.58. The molecule has 8 heteroatoms. The number of alkyl carbamates (subject to hydrolysis) is 1. The van der Waals surface area contributed by atoms with Gasteiger partial charge in [-0.1, -0.05) is 0 Å². The second-order valence-electron chi connectivity index (χ2n) is 7.50. The maximum atomic E-state index is 12.0. The van der Waals surface area contributed by atoms with Gasteiger partial charge in [-0.25, -0.2) is 14.8 Å². The van der Waals surface area contributed by atoms with E-state index < -0.39 is 5.60 Å². The highest BCUT2D eigenvalue weighted by molar-refractivity contribution is 7.11. The maximum absolute atomic E-state index is 12.0. The number of carbonyl (C=O) groups is 1. The minimum atomic E-state index is -0.483. The number of hydrogen-bond acceptors (Lipinski definition) is 5. The summed E-state index contributed by atoms with van der Waals surface area (Å²) in [6.07, 6.45) is 0.513. The van der Waals surface area contributed by atoms with E-state index in [9.17, 15) is 4.79 Å². The van der Waals surface area contributed by atoms with Gasteiger partial charge in [-0.3, -0.25) is 0 Å². The Labute approximate surface area is 160 Å². The third-order valence-electron chi connectivity index (χ3n) is 3.98. The lowest BCUT2D eigenvalue weighted by Crippen LogP contribution is -2.44. The van der Waals surface area contributed by atoms with Crippen molar-refractivity contribution in [3.8, 4) is 0 Å². The number of carbonyl (C=O) groups excluding carboxylic acids is 1. The molecule has 1 saturated heterocycles. The van der Waals surface area contributed by atoms with Crippen molar-refractivity contribution in [2.24, 2.45) is 4.99 Å². The summed E-state index contributed by atoms with van der Waals surface area (Å²) >= 11 is 1.69. The van der Waals surface area contributed by atoms with Crippen LogP contribution in [0.2, 0.25) is 0 Å². The van der Waals surface area contributed by atoms with E-state index in [1.165, 1.54) is 4.88 Å². The Balaban J connectivity index is 1.93. The maximum Gasteiger partial charge on any atom is 0.407 e. The molecule has 2 rings (SSSR count). The van der Waals surface area contributed by atoms with E-state index in [1.54, 1.807) is 11.3 Å². The molecule has 1 aliphatic heterocycles. The number of ether oxygens (including phenoxy) is 1. The summed E-state index contributed by atoms with van der Waals surface area (Å²) in [6, 6.07) is 0.0676. The van der Waals surface area contributed by atoms with E-state index >= 15 is 0 Å². The number of rotatable bonds is 4. The van der Waals surface area contributed by atoms with Crippen LogP contribution in [0.1, 0.15) is 49.7 Å². The number of nitrogens with zero attached hydrogens (tertiary/aromatic N) is 3. The molecule has 1 atom stereocenters. The van der Waals surface area contributed by atoms with Crippen LogP contribution >= 0.6 is 11.3 Å². The van der Waals surface area contributed by atoms with Crippen LogP contribution in [0.25, 0.3) is 0 Å². The van der Waals surface area contributed by atoms with Gasteiger partial charge in [-0.2, -0.15) is 0 Å². The van der Waals surface area contributed by atoms with Crippen molar-refractivity contribution >= 4 is 23.4 Å². The molecule has 1 unspecified atom stereocenters. The van der Waals surface area contributed by atoms with E-state index in [2.05, 4.69) is 34.4 Å². The second kappa shape index (κ2) is 8.70. The third-order valence-corrected chi connectivity index (χ3v) is 5.04. The number of nitrogens with one attached hydrogen (secondary N) is 2. The Morgan fingerprint density at radius 2 is 2.15 bits per heavy atom. The van der Waals surface area contributed by atoms with Gasteiger partial charge >= 0.3 is 6.09 Å². The lowest BCUT2D eigenvalue weighted by atomic mass is 10.2. The highest BCUT2D eigenvalue weighted by Gasteiger charge is 2.27. The van der Waals surface area contributed by atoms with Crippen LogP contribution in [0.5, 0.6) is 0 Å². The average Bonchev–Trinajstić information content (AvgIpc) is 3.09. The Bertz CT molecular complexity index is 631. The van der Waals surface area contributed by atoms with Crippen LogP contribution in [-0.2, 0) is 11.3 Å². The molecule has 1 fully saturated rings. The van der Waals surface area contributed by atoms with Crippen LogP contribution in [-0.4, -0.2) is 53.2 Å². The van der Waals surface area contributed by atoms with Crippen LogP contribution in [0.4, 0.5) is 4.79 Å². The van der Waals surface area contributed by atoms with Gasteiger partial charge in [0.2, 0.25) is 0 Å². The number of likely N-dealkylation sites (tertiary alicyclic amines) is 1. The summed E-state index contributed by atoms with van der Waals surface area (Å²) in [5.41, 5.74) is 0.593. The first-order chi connectivity index (χ1) is 12.2. The van der Waals surface area contributed by atoms with E-state index in [-0.39, 0.29) is 12.1 Å². The van der Waals surface area contributed by atoms with Crippen molar-refractivity contribution in [1.82, 2.24) is 20.5 Å². The minimum Gasteiger partial charge on any atom is -0.444 e. The summed E-state index contributed by atoms with van der Waals surface area (Å²) in [7, 11) is 0. The predicted octanol–water partition coefficient (Wildman–Crippen LogP) is 2.82. The molecule has 0 aliphatic carbocycles. The van der Waals surface area contributed by atoms with Crippen molar-refractivity contribution in [3.05, 3.63) is 15.6 Å². The summed E-state index contributed by atoms with van der Waals surface area (Å²) in [6.45, 7) is 14.7. The van der Waals surface area contributed by atoms with E-state index in [4.69, 9.17) is 9.73 Å². The molecule has 0 spiro atoms. The fraction of sp³-hybridized carbons (Fsp3) is 0.722. The highest BCUT2D eigenvalue weighted by Crippen LogP contribution is 2.18. The zero-order chi connectivity index (χ0) is 19.3. The number of aromatic nitrogens is 1. The summed E-state index contributed by atoms with van der Waals surface area (Å²) in [5.74, 6) is 0.867. The topological polar surface area (TPSA) is 78.9 Å². The Morgan fingerprint density at radius 3 is 2.73 bits per heavy atom. The van der Waals surface area contributed by atoms with Crippen molar-refractivity contribution in [1.29, 1.82) is 0 Å². The largest absolute Gasteiger partial charge is 0.444 e. The second-order valence-corrected chi connectivity index (χ2v) is 8.78. The molecule has 2 N–H and O–H groups in total. The van der Waals surface area contributed by atoms with Gasteiger partial charge in [0, 0.05) is 24.5 Å². The van der Waals surface area contributed by atoms with E-state index in [0.29, 0.717) is 6.54 Å². The highest BCUT2D eigenvalue weighted by atomic mass is 32.1. The fourth-order valence-electron chi connectivity index (χ4n) is 2.72. The van der Waals surface area contributed by atoms with E-state index in [0.717, 1.165) is 42.7 Å². The number of amides is 1. The van der Waals surface area contributed by atoms with Crippen LogP contribution in [0.15, 0.2) is 4.99 Å². The van der Waals surface area contributed by atoms with Gasteiger partial charge in [0.15, 0.2) is 5.96 Å². The normalized spacial score (nSPS) is 18.2. The molecule has 2 heterocycles. The number of guanidine groups is 1. The molecular formula is C18H31N5O2S. The molecule has 0 radical (unpaired) electrons. The van der Waals surface area contributed by atoms with Crippen molar-refractivity contribution < 1.29 is 9.53 Å². The minimum absolute atomic E-state index is 0.0676. The monoisotopic (exact) mass is 381 g/mol. The van der Waals surface area contributed by atoms with Crippen LogP contribution in [0.3, 0.4) is 0 Å². The number of aryl methyl sites for hydroxylation is 2. The number of aliphatic imine (C=N–C) groups is 1. The predicted molar refractivity (Wildman–Crippen MR) is 106 cm³/mol. The smallest absolute Gasteiger partial charge is 0.407 e. The third kappa shape index (κ3) is 6.16. The van der Waals surface area contributed by atoms with Crippen LogP contribution in [0, 0.1) is 13.8 Å². The standard InChI is InChI=1S/C18H31N5O2S/c1-7-19-16(20-10-15-21-12(2)13(3)26-15)23-9-8-14(11-23)22-17(24)25-18(4,5)6/h14H,7-11H2,1-6H3,(H,19,20)(H,22,24). The lowest BCUT2D eigenvalue weighted by molar-refractivity contribution is 0.0507. The van der Waals surface area contributed by atoms with Crippen molar-refractivity contribution in [2.45, 2.75) is 66.2 Å². The Morgan fingerprint density at radius 1 is 1.42 bits per heavy atom. The van der Waals surface area contributed by atoms with Gasteiger partial charge in [0.05, 0.1) is 18.3 Å². The molecule has 1 aromatic heterocycles.